The molecule has 0 aromatic heterocycles. The molecule has 1 fully saturated rings. The van der Waals surface area contributed by atoms with Crippen molar-refractivity contribution in [3.05, 3.63) is 0 Å². The number of rotatable bonds is 5. The van der Waals surface area contributed by atoms with Gasteiger partial charge in [0.2, 0.25) is 0 Å². The summed E-state index contributed by atoms with van der Waals surface area (Å²) in [6.45, 7) is 8.83. The highest BCUT2D eigenvalue weighted by Crippen LogP contribution is 2.40. The van der Waals surface area contributed by atoms with Crippen LogP contribution in [0.25, 0.3) is 0 Å². The average Bonchev–Trinajstić information content (AvgIpc) is 1.79. The maximum atomic E-state index is 5.68. The highest BCUT2D eigenvalue weighted by Gasteiger charge is 2.33. The van der Waals surface area contributed by atoms with Gasteiger partial charge in [-0.1, -0.05) is 20.3 Å². The molecule has 0 aliphatic heterocycles. The van der Waals surface area contributed by atoms with Crippen molar-refractivity contribution in [1.82, 2.24) is 5.32 Å². The molecule has 13 heavy (non-hydrogen) atoms. The van der Waals surface area contributed by atoms with E-state index in [0.29, 0.717) is 5.41 Å². The fraction of sp³-hybridized carbons (Fsp3) is 1.00. The van der Waals surface area contributed by atoms with Crippen molar-refractivity contribution < 1.29 is 0 Å². The van der Waals surface area contributed by atoms with Gasteiger partial charge in [-0.15, -0.1) is 0 Å². The molecule has 1 saturated carbocycles. The molecule has 0 saturated heterocycles. The fourth-order valence-electron chi connectivity index (χ4n) is 1.96. The van der Waals surface area contributed by atoms with Crippen molar-refractivity contribution in [1.29, 1.82) is 0 Å². The van der Waals surface area contributed by atoms with E-state index in [-0.39, 0.29) is 6.04 Å². The molecule has 0 spiro atoms. The van der Waals surface area contributed by atoms with Gasteiger partial charge in [0.15, 0.2) is 0 Å². The summed E-state index contributed by atoms with van der Waals surface area (Å²) in [7, 11) is 0. The second-order valence-corrected chi connectivity index (χ2v) is 5.22. The Morgan fingerprint density at radius 3 is 2.46 bits per heavy atom. The van der Waals surface area contributed by atoms with Crippen molar-refractivity contribution in [2.75, 3.05) is 13.1 Å². The number of nitrogens with one attached hydrogen (secondary N) is 1. The minimum absolute atomic E-state index is 0.275. The lowest BCUT2D eigenvalue weighted by atomic mass is 9.67. The lowest BCUT2D eigenvalue weighted by molar-refractivity contribution is 0.119. The van der Waals surface area contributed by atoms with Crippen LogP contribution >= 0.6 is 0 Å². The third-order valence-corrected chi connectivity index (χ3v) is 3.26. The molecule has 0 radical (unpaired) electrons. The summed E-state index contributed by atoms with van der Waals surface area (Å²) >= 11 is 0. The molecule has 1 aliphatic rings. The molecule has 1 aliphatic carbocycles. The van der Waals surface area contributed by atoms with E-state index < -0.39 is 0 Å². The summed E-state index contributed by atoms with van der Waals surface area (Å²) in [5, 5.41) is 3.45. The summed E-state index contributed by atoms with van der Waals surface area (Å²) in [5.74, 6) is 0.938. The normalized spacial score (nSPS) is 21.2. The van der Waals surface area contributed by atoms with Crippen molar-refractivity contribution in [2.24, 2.45) is 17.1 Å². The Labute approximate surface area is 82.3 Å². The van der Waals surface area contributed by atoms with Crippen LogP contribution in [0.2, 0.25) is 0 Å². The van der Waals surface area contributed by atoms with Gasteiger partial charge in [-0.05, 0) is 31.1 Å². The summed E-state index contributed by atoms with van der Waals surface area (Å²) < 4.78 is 0. The Hall–Kier alpha value is -0.0800. The smallest absolute Gasteiger partial charge is 0.0136 e. The third kappa shape index (κ3) is 3.28. The minimum Gasteiger partial charge on any atom is -0.327 e. The van der Waals surface area contributed by atoms with Crippen LogP contribution in [0.4, 0.5) is 0 Å². The van der Waals surface area contributed by atoms with E-state index >= 15 is 0 Å². The van der Waals surface area contributed by atoms with Crippen LogP contribution in [0, 0.1) is 11.3 Å². The average molecular weight is 184 g/mol. The minimum atomic E-state index is 0.275. The monoisotopic (exact) mass is 184 g/mol. The lowest BCUT2D eigenvalue weighted by Crippen LogP contribution is -2.42. The molecule has 1 atom stereocenters. The van der Waals surface area contributed by atoms with Gasteiger partial charge in [0.25, 0.3) is 0 Å². The van der Waals surface area contributed by atoms with Gasteiger partial charge in [0.1, 0.15) is 0 Å². The molecule has 1 rings (SSSR count). The molecule has 0 amide bonds. The van der Waals surface area contributed by atoms with Crippen LogP contribution < -0.4 is 11.1 Å². The zero-order chi connectivity index (χ0) is 9.90. The van der Waals surface area contributed by atoms with E-state index in [1.54, 1.807) is 0 Å². The van der Waals surface area contributed by atoms with Gasteiger partial charge in [0, 0.05) is 19.1 Å². The molecule has 0 aromatic rings. The standard InChI is InChI=1S/C11H24N2/c1-9(12)7-13-8-11(2,3)10-5-4-6-10/h9-10,13H,4-8,12H2,1-3H3. The van der Waals surface area contributed by atoms with E-state index in [9.17, 15) is 0 Å². The second-order valence-electron chi connectivity index (χ2n) is 5.22. The molecule has 0 bridgehead atoms. The Morgan fingerprint density at radius 1 is 1.46 bits per heavy atom. The van der Waals surface area contributed by atoms with Crippen LogP contribution in [0.5, 0.6) is 0 Å². The first-order chi connectivity index (χ1) is 6.02. The first kappa shape index (κ1) is 11.0. The lowest BCUT2D eigenvalue weighted by Gasteiger charge is -2.40. The second kappa shape index (κ2) is 4.43. The van der Waals surface area contributed by atoms with Crippen LogP contribution in [0.15, 0.2) is 0 Å². The molecule has 0 aromatic carbocycles. The topological polar surface area (TPSA) is 38.0 Å². The van der Waals surface area contributed by atoms with Gasteiger partial charge < -0.3 is 11.1 Å². The summed E-state index contributed by atoms with van der Waals surface area (Å²) in [6.07, 6.45) is 4.28. The molecule has 0 heterocycles. The van der Waals surface area contributed by atoms with Crippen molar-refractivity contribution in [3.8, 4) is 0 Å². The maximum Gasteiger partial charge on any atom is 0.0136 e. The fourth-order valence-corrected chi connectivity index (χ4v) is 1.96. The number of nitrogens with two attached hydrogens (primary N) is 1. The maximum absolute atomic E-state index is 5.68. The zero-order valence-corrected chi connectivity index (χ0v) is 9.27. The first-order valence-electron chi connectivity index (χ1n) is 5.48. The SMILES string of the molecule is CC(N)CNCC(C)(C)C1CCC1. The highest BCUT2D eigenvalue weighted by molar-refractivity contribution is 4.86. The summed E-state index contributed by atoms with van der Waals surface area (Å²) in [6, 6.07) is 0.275. The third-order valence-electron chi connectivity index (χ3n) is 3.26. The number of hydrogen-bond donors (Lipinski definition) is 2. The highest BCUT2D eigenvalue weighted by atomic mass is 14.9. The largest absolute Gasteiger partial charge is 0.327 e. The summed E-state index contributed by atoms with van der Waals surface area (Å²) in [5.41, 5.74) is 6.15. The predicted octanol–water partition coefficient (Wildman–Crippen LogP) is 1.75. The Bertz CT molecular complexity index is 148. The van der Waals surface area contributed by atoms with E-state index in [2.05, 4.69) is 19.2 Å². The van der Waals surface area contributed by atoms with Crippen LogP contribution in [0.1, 0.15) is 40.0 Å². The molecule has 78 valence electrons. The van der Waals surface area contributed by atoms with Crippen LogP contribution in [0.3, 0.4) is 0 Å². The molecule has 2 heteroatoms. The van der Waals surface area contributed by atoms with E-state index in [1.165, 1.54) is 19.3 Å². The van der Waals surface area contributed by atoms with Crippen molar-refractivity contribution >= 4 is 0 Å². The Balaban J connectivity index is 2.17. The van der Waals surface area contributed by atoms with Gasteiger partial charge in [-0.3, -0.25) is 0 Å². The van der Waals surface area contributed by atoms with E-state index in [0.717, 1.165) is 19.0 Å². The molecule has 3 N–H and O–H groups in total. The zero-order valence-electron chi connectivity index (χ0n) is 9.27. The van der Waals surface area contributed by atoms with Crippen LogP contribution in [-0.2, 0) is 0 Å². The van der Waals surface area contributed by atoms with Gasteiger partial charge in [0.05, 0.1) is 0 Å². The Kier molecular flexibility index (Phi) is 3.74. The summed E-state index contributed by atoms with van der Waals surface area (Å²) in [4.78, 5) is 0. The first-order valence-corrected chi connectivity index (χ1v) is 5.48. The van der Waals surface area contributed by atoms with Gasteiger partial charge in [-0.2, -0.15) is 0 Å². The predicted molar refractivity (Wildman–Crippen MR) is 57.6 cm³/mol. The van der Waals surface area contributed by atoms with Crippen LogP contribution in [-0.4, -0.2) is 19.1 Å². The van der Waals surface area contributed by atoms with Gasteiger partial charge >= 0.3 is 0 Å². The Morgan fingerprint density at radius 2 is 2.08 bits per heavy atom. The quantitative estimate of drug-likeness (QED) is 0.683. The molecular weight excluding hydrogens is 160 g/mol. The molecule has 1 unspecified atom stereocenters. The van der Waals surface area contributed by atoms with Crippen molar-refractivity contribution in [3.63, 3.8) is 0 Å². The molecular formula is C11H24N2. The van der Waals surface area contributed by atoms with E-state index in [1.807, 2.05) is 6.92 Å². The number of hydrogen-bond acceptors (Lipinski definition) is 2. The van der Waals surface area contributed by atoms with E-state index in [4.69, 9.17) is 5.73 Å². The van der Waals surface area contributed by atoms with Crippen molar-refractivity contribution in [2.45, 2.75) is 46.1 Å². The molecule has 2 nitrogen and oxygen atoms in total. The van der Waals surface area contributed by atoms with Gasteiger partial charge in [-0.25, -0.2) is 0 Å².